The van der Waals surface area contributed by atoms with E-state index < -0.39 is 23.5 Å². The van der Waals surface area contributed by atoms with Crippen LogP contribution in [0.15, 0.2) is 18.2 Å². The van der Waals surface area contributed by atoms with Crippen LogP contribution in [0, 0.1) is 5.82 Å². The highest BCUT2D eigenvalue weighted by Crippen LogP contribution is 2.30. The molecular formula is C13H15F4NO2. The third kappa shape index (κ3) is 4.48. The average Bonchev–Trinajstić information content (AvgIpc) is 2.28. The van der Waals surface area contributed by atoms with Gasteiger partial charge < -0.3 is 5.11 Å². The predicted molar refractivity (Wildman–Crippen MR) is 64.6 cm³/mol. The zero-order valence-electron chi connectivity index (χ0n) is 11.0. The van der Waals surface area contributed by atoms with Gasteiger partial charge in [0.15, 0.2) is 0 Å². The highest BCUT2D eigenvalue weighted by atomic mass is 19.4. The molecule has 7 heteroatoms. The van der Waals surface area contributed by atoms with Crippen molar-refractivity contribution in [2.45, 2.75) is 32.6 Å². The van der Waals surface area contributed by atoms with Crippen LogP contribution in [0.4, 0.5) is 17.6 Å². The van der Waals surface area contributed by atoms with Crippen molar-refractivity contribution in [2.24, 2.45) is 0 Å². The minimum absolute atomic E-state index is 0.172. The van der Waals surface area contributed by atoms with Crippen LogP contribution in [0.5, 0.6) is 0 Å². The fourth-order valence-corrected chi connectivity index (χ4v) is 1.69. The molecule has 0 saturated heterocycles. The van der Waals surface area contributed by atoms with Crippen LogP contribution in [0.3, 0.4) is 0 Å². The molecule has 0 aliphatic heterocycles. The molecule has 3 nitrogen and oxygen atoms in total. The molecule has 20 heavy (non-hydrogen) atoms. The van der Waals surface area contributed by atoms with Crippen molar-refractivity contribution < 1.29 is 27.5 Å². The largest absolute Gasteiger partial charge is 0.480 e. The van der Waals surface area contributed by atoms with Gasteiger partial charge in [-0.15, -0.1) is 0 Å². The number of aliphatic carboxylic acids is 1. The summed E-state index contributed by atoms with van der Waals surface area (Å²) in [5.41, 5.74) is -1.12. The summed E-state index contributed by atoms with van der Waals surface area (Å²) >= 11 is 0. The SMILES string of the molecule is CC(C)N(CC(=O)O)Cc1cc(C(F)(F)F)ccc1F. The molecule has 0 heterocycles. The minimum Gasteiger partial charge on any atom is -0.480 e. The van der Waals surface area contributed by atoms with Gasteiger partial charge in [0, 0.05) is 18.2 Å². The summed E-state index contributed by atoms with van der Waals surface area (Å²) in [6, 6.07) is 1.89. The number of carbonyl (C=O) groups is 1. The molecule has 0 atom stereocenters. The van der Waals surface area contributed by atoms with Gasteiger partial charge in [-0.2, -0.15) is 13.2 Å². The summed E-state index contributed by atoms with van der Waals surface area (Å²) in [6.07, 6.45) is -4.56. The first-order valence-corrected chi connectivity index (χ1v) is 5.92. The van der Waals surface area contributed by atoms with Crippen LogP contribution in [0.1, 0.15) is 25.0 Å². The molecule has 112 valence electrons. The van der Waals surface area contributed by atoms with Crippen molar-refractivity contribution in [1.82, 2.24) is 4.90 Å². The van der Waals surface area contributed by atoms with Gasteiger partial charge in [0.25, 0.3) is 0 Å². The van der Waals surface area contributed by atoms with Gasteiger partial charge in [0.2, 0.25) is 0 Å². The third-order valence-corrected chi connectivity index (χ3v) is 2.82. The quantitative estimate of drug-likeness (QED) is 0.848. The van der Waals surface area contributed by atoms with E-state index in [1.54, 1.807) is 13.8 Å². The summed E-state index contributed by atoms with van der Waals surface area (Å²) in [5, 5.41) is 8.75. The van der Waals surface area contributed by atoms with Crippen LogP contribution in [0.25, 0.3) is 0 Å². The second kappa shape index (κ2) is 6.21. The van der Waals surface area contributed by atoms with Crippen LogP contribution < -0.4 is 0 Å². The van der Waals surface area contributed by atoms with E-state index in [9.17, 15) is 22.4 Å². The Bertz CT molecular complexity index is 486. The van der Waals surface area contributed by atoms with Gasteiger partial charge in [0.05, 0.1) is 12.1 Å². The first-order valence-electron chi connectivity index (χ1n) is 5.92. The topological polar surface area (TPSA) is 40.5 Å². The fraction of sp³-hybridized carbons (Fsp3) is 0.462. The van der Waals surface area contributed by atoms with E-state index >= 15 is 0 Å². The van der Waals surface area contributed by atoms with E-state index in [2.05, 4.69) is 0 Å². The van der Waals surface area contributed by atoms with Gasteiger partial charge in [0.1, 0.15) is 5.82 Å². The monoisotopic (exact) mass is 293 g/mol. The van der Waals surface area contributed by atoms with Gasteiger partial charge >= 0.3 is 12.1 Å². The summed E-state index contributed by atoms with van der Waals surface area (Å²) in [7, 11) is 0. The van der Waals surface area contributed by atoms with Crippen LogP contribution in [0.2, 0.25) is 0 Å². The second-order valence-electron chi connectivity index (χ2n) is 4.70. The molecule has 1 aromatic rings. The maximum atomic E-state index is 13.6. The van der Waals surface area contributed by atoms with Crippen molar-refractivity contribution in [3.63, 3.8) is 0 Å². The molecule has 0 spiro atoms. The normalized spacial score (nSPS) is 12.2. The summed E-state index contributed by atoms with van der Waals surface area (Å²) < 4.78 is 51.3. The zero-order chi connectivity index (χ0) is 15.5. The Morgan fingerprint density at radius 1 is 1.35 bits per heavy atom. The van der Waals surface area contributed by atoms with E-state index in [0.717, 1.165) is 6.07 Å². The lowest BCUT2D eigenvalue weighted by Crippen LogP contribution is -2.35. The Labute approximate surface area is 113 Å². The number of alkyl halides is 3. The summed E-state index contributed by atoms with van der Waals surface area (Å²) in [6.45, 7) is 2.82. The van der Waals surface area contributed by atoms with Crippen LogP contribution in [-0.4, -0.2) is 28.6 Å². The number of nitrogens with zero attached hydrogens (tertiary/aromatic N) is 1. The molecule has 0 amide bonds. The average molecular weight is 293 g/mol. The molecule has 0 unspecified atom stereocenters. The summed E-state index contributed by atoms with van der Waals surface area (Å²) in [4.78, 5) is 12.1. The zero-order valence-corrected chi connectivity index (χ0v) is 11.0. The first kappa shape index (κ1) is 16.4. The lowest BCUT2D eigenvalue weighted by atomic mass is 10.1. The lowest BCUT2D eigenvalue weighted by Gasteiger charge is -2.25. The van der Waals surface area contributed by atoms with Crippen molar-refractivity contribution in [3.05, 3.63) is 35.1 Å². The number of hydrogen-bond acceptors (Lipinski definition) is 2. The van der Waals surface area contributed by atoms with Crippen LogP contribution >= 0.6 is 0 Å². The van der Waals surface area contributed by atoms with Gasteiger partial charge in [-0.1, -0.05) is 0 Å². The number of hydrogen-bond donors (Lipinski definition) is 1. The molecule has 0 aliphatic rings. The fourth-order valence-electron chi connectivity index (χ4n) is 1.69. The minimum atomic E-state index is -4.56. The standard InChI is InChI=1S/C13H15F4NO2/c1-8(2)18(7-12(19)20)6-9-5-10(13(15,16)17)3-4-11(9)14/h3-5,8H,6-7H2,1-2H3,(H,19,20). The highest BCUT2D eigenvalue weighted by Gasteiger charge is 2.31. The maximum absolute atomic E-state index is 13.6. The third-order valence-electron chi connectivity index (χ3n) is 2.82. The second-order valence-corrected chi connectivity index (χ2v) is 4.70. The Morgan fingerprint density at radius 2 is 1.95 bits per heavy atom. The summed E-state index contributed by atoms with van der Waals surface area (Å²) in [5.74, 6) is -1.90. The smallest absolute Gasteiger partial charge is 0.416 e. The van der Waals surface area contributed by atoms with E-state index in [0.29, 0.717) is 12.1 Å². The molecule has 0 aliphatic carbocycles. The van der Waals surface area contributed by atoms with Crippen molar-refractivity contribution in [2.75, 3.05) is 6.54 Å². The van der Waals surface area contributed by atoms with Crippen molar-refractivity contribution in [3.8, 4) is 0 Å². The van der Waals surface area contributed by atoms with Gasteiger partial charge in [-0.05, 0) is 32.0 Å². The predicted octanol–water partition coefficient (Wildman–Crippen LogP) is 3.14. The molecule has 1 aromatic carbocycles. The highest BCUT2D eigenvalue weighted by molar-refractivity contribution is 5.69. The lowest BCUT2D eigenvalue weighted by molar-refractivity contribution is -0.139. The molecule has 1 rings (SSSR count). The van der Waals surface area contributed by atoms with Crippen molar-refractivity contribution >= 4 is 5.97 Å². The molecular weight excluding hydrogens is 278 g/mol. The number of benzene rings is 1. The first-order chi connectivity index (χ1) is 9.11. The van der Waals surface area contributed by atoms with E-state index in [1.165, 1.54) is 4.90 Å². The number of carboxylic acid groups (broad SMARTS) is 1. The molecule has 1 N–H and O–H groups in total. The van der Waals surface area contributed by atoms with Crippen LogP contribution in [-0.2, 0) is 17.5 Å². The van der Waals surface area contributed by atoms with Gasteiger partial charge in [-0.3, -0.25) is 9.69 Å². The Balaban J connectivity index is 3.03. The van der Waals surface area contributed by atoms with Crippen molar-refractivity contribution in [1.29, 1.82) is 0 Å². The number of rotatable bonds is 5. The maximum Gasteiger partial charge on any atom is 0.416 e. The van der Waals surface area contributed by atoms with Gasteiger partial charge in [-0.25, -0.2) is 4.39 Å². The molecule has 0 bridgehead atoms. The number of halogens is 4. The Hall–Kier alpha value is -1.63. The molecule has 0 radical (unpaired) electrons. The number of carboxylic acids is 1. The van der Waals surface area contributed by atoms with E-state index in [-0.39, 0.29) is 24.7 Å². The molecule has 0 aromatic heterocycles. The Kier molecular flexibility index (Phi) is 5.10. The van der Waals surface area contributed by atoms with E-state index in [4.69, 9.17) is 5.11 Å². The van der Waals surface area contributed by atoms with E-state index in [1.807, 2.05) is 0 Å². The molecule has 0 saturated carbocycles. The Morgan fingerprint density at radius 3 is 2.40 bits per heavy atom. The molecule has 0 fully saturated rings.